The fourth-order valence-electron chi connectivity index (χ4n) is 3.15. The van der Waals surface area contributed by atoms with Crippen LogP contribution in [0.2, 0.25) is 5.02 Å². The van der Waals surface area contributed by atoms with E-state index in [0.717, 1.165) is 33.6 Å². The third kappa shape index (κ3) is 4.90. The SMILES string of the molecule is CCC(=O)c1c(-c2ccccc2)c(-c2ccc(Cl)cc2)c(C)n1C.N[SH](=O)=O. The lowest BCUT2D eigenvalue weighted by Gasteiger charge is -2.09. The summed E-state index contributed by atoms with van der Waals surface area (Å²) in [5.74, 6) is 0.152. The van der Waals surface area contributed by atoms with Gasteiger partial charge in [0.05, 0.1) is 5.69 Å². The van der Waals surface area contributed by atoms with E-state index in [-0.39, 0.29) is 5.78 Å². The van der Waals surface area contributed by atoms with Gasteiger partial charge in [0.15, 0.2) is 16.7 Å². The van der Waals surface area contributed by atoms with Crippen molar-refractivity contribution in [2.45, 2.75) is 20.3 Å². The second-order valence-electron chi connectivity index (χ2n) is 6.18. The fourth-order valence-corrected chi connectivity index (χ4v) is 3.28. The van der Waals surface area contributed by atoms with Crippen molar-refractivity contribution in [1.29, 1.82) is 0 Å². The van der Waals surface area contributed by atoms with E-state index < -0.39 is 10.9 Å². The number of thiol groups is 1. The van der Waals surface area contributed by atoms with Crippen molar-refractivity contribution >= 4 is 28.3 Å². The number of carbonyl (C=O) groups is 1. The Morgan fingerprint density at radius 1 is 1.00 bits per heavy atom. The van der Waals surface area contributed by atoms with E-state index in [4.69, 9.17) is 20.0 Å². The van der Waals surface area contributed by atoms with Crippen molar-refractivity contribution in [3.8, 4) is 22.3 Å². The van der Waals surface area contributed by atoms with Crippen molar-refractivity contribution in [2.75, 3.05) is 0 Å². The maximum absolute atomic E-state index is 12.6. The van der Waals surface area contributed by atoms with Crippen molar-refractivity contribution < 1.29 is 13.2 Å². The molecule has 1 heterocycles. The maximum Gasteiger partial charge on any atom is 0.198 e. The van der Waals surface area contributed by atoms with Crippen LogP contribution < -0.4 is 5.14 Å². The largest absolute Gasteiger partial charge is 0.344 e. The predicted molar refractivity (Wildman–Crippen MR) is 115 cm³/mol. The highest BCUT2D eigenvalue weighted by molar-refractivity contribution is 7.69. The summed E-state index contributed by atoms with van der Waals surface area (Å²) >= 11 is 6.05. The van der Waals surface area contributed by atoms with Crippen LogP contribution in [0.5, 0.6) is 0 Å². The second kappa shape index (κ2) is 9.68. The summed E-state index contributed by atoms with van der Waals surface area (Å²) in [6.07, 6.45) is 0.483. The average molecular weight is 419 g/mol. The van der Waals surface area contributed by atoms with Gasteiger partial charge < -0.3 is 4.57 Å². The molecule has 0 spiro atoms. The number of Topliss-reactive ketones (excluding diaryl/α,β-unsaturated/α-hetero) is 1. The Bertz CT molecular complexity index is 1030. The van der Waals surface area contributed by atoms with E-state index in [2.05, 4.69) is 24.2 Å². The monoisotopic (exact) mass is 418 g/mol. The molecule has 0 unspecified atom stereocenters. The first kappa shape index (κ1) is 21.9. The number of nitrogens with two attached hydrogens (primary N) is 1. The number of rotatable bonds is 4. The lowest BCUT2D eigenvalue weighted by molar-refractivity contribution is 0.0981. The van der Waals surface area contributed by atoms with Crippen LogP contribution in [0.3, 0.4) is 0 Å². The highest BCUT2D eigenvalue weighted by Crippen LogP contribution is 2.40. The third-order valence-electron chi connectivity index (χ3n) is 4.47. The van der Waals surface area contributed by atoms with E-state index in [1.165, 1.54) is 0 Å². The molecule has 0 aliphatic heterocycles. The molecule has 148 valence electrons. The summed E-state index contributed by atoms with van der Waals surface area (Å²) in [6.45, 7) is 3.96. The van der Waals surface area contributed by atoms with Crippen LogP contribution in [0.1, 0.15) is 29.5 Å². The highest BCUT2D eigenvalue weighted by Gasteiger charge is 2.24. The standard InChI is InChI=1S/C21H20ClNO.H3NO2S/c1-4-18(24)21-20(15-8-6-5-7-9-15)19(14(2)23(21)3)16-10-12-17(22)13-11-16;1-4(2)3/h5-13H,4H2,1-3H3;4H,(H2,1,2,3). The molecule has 5 nitrogen and oxygen atoms in total. The van der Waals surface area contributed by atoms with Crippen LogP contribution in [0.4, 0.5) is 0 Å². The lowest BCUT2D eigenvalue weighted by Crippen LogP contribution is -2.06. The zero-order valence-corrected chi connectivity index (χ0v) is 17.6. The molecule has 28 heavy (non-hydrogen) atoms. The van der Waals surface area contributed by atoms with Gasteiger partial charge in [0, 0.05) is 35.3 Å². The van der Waals surface area contributed by atoms with Crippen LogP contribution in [0.15, 0.2) is 54.6 Å². The van der Waals surface area contributed by atoms with Crippen LogP contribution in [-0.2, 0) is 17.9 Å². The molecule has 0 saturated carbocycles. The summed E-state index contributed by atoms with van der Waals surface area (Å²) in [7, 11) is -0.658. The van der Waals surface area contributed by atoms with Gasteiger partial charge in [0.25, 0.3) is 0 Å². The Morgan fingerprint density at radius 3 is 2.00 bits per heavy atom. The van der Waals surface area contributed by atoms with Gasteiger partial charge in [-0.1, -0.05) is 61.0 Å². The summed E-state index contributed by atoms with van der Waals surface area (Å²) in [6, 6.07) is 17.9. The van der Waals surface area contributed by atoms with Gasteiger partial charge in [-0.2, -0.15) is 0 Å². The Hall–Kier alpha value is -2.41. The highest BCUT2D eigenvalue weighted by atomic mass is 35.5. The molecule has 2 N–H and O–H groups in total. The van der Waals surface area contributed by atoms with E-state index in [9.17, 15) is 4.79 Å². The summed E-state index contributed by atoms with van der Waals surface area (Å²) in [5, 5.41) is 4.77. The molecule has 0 saturated heterocycles. The van der Waals surface area contributed by atoms with E-state index in [1.54, 1.807) is 0 Å². The predicted octanol–water partition coefficient (Wildman–Crippen LogP) is 4.39. The smallest absolute Gasteiger partial charge is 0.198 e. The second-order valence-corrected chi connectivity index (χ2v) is 7.19. The number of benzene rings is 2. The quantitative estimate of drug-likeness (QED) is 0.487. The summed E-state index contributed by atoms with van der Waals surface area (Å²) in [4.78, 5) is 12.6. The van der Waals surface area contributed by atoms with Gasteiger partial charge in [-0.25, -0.2) is 13.6 Å². The van der Waals surface area contributed by atoms with Crippen molar-refractivity contribution in [2.24, 2.45) is 12.2 Å². The van der Waals surface area contributed by atoms with Gasteiger partial charge in [0.2, 0.25) is 0 Å². The number of hydrogen-bond acceptors (Lipinski definition) is 3. The molecule has 0 aliphatic carbocycles. The molecule has 3 rings (SSSR count). The van der Waals surface area contributed by atoms with Gasteiger partial charge in [-0.3, -0.25) is 4.79 Å². The van der Waals surface area contributed by atoms with Crippen molar-refractivity contribution in [3.05, 3.63) is 71.0 Å². The number of halogens is 1. The first-order chi connectivity index (χ1) is 13.3. The topological polar surface area (TPSA) is 82.2 Å². The minimum absolute atomic E-state index is 0.152. The molecule has 0 fully saturated rings. The summed E-state index contributed by atoms with van der Waals surface area (Å²) in [5.41, 5.74) is 6.07. The Kier molecular flexibility index (Phi) is 7.57. The van der Waals surface area contributed by atoms with Crippen LogP contribution >= 0.6 is 11.6 Å². The Labute approximate surface area is 171 Å². The summed E-state index contributed by atoms with van der Waals surface area (Å²) < 4.78 is 19.6. The molecule has 1 aromatic heterocycles. The third-order valence-corrected chi connectivity index (χ3v) is 4.72. The molecule has 0 bridgehead atoms. The zero-order valence-electron chi connectivity index (χ0n) is 16.0. The normalized spacial score (nSPS) is 10.5. The van der Waals surface area contributed by atoms with E-state index >= 15 is 0 Å². The molecule has 2 aromatic carbocycles. The number of carbonyl (C=O) groups excluding carboxylic acids is 1. The number of ketones is 1. The number of nitrogens with zero attached hydrogens (tertiary/aromatic N) is 1. The molecular weight excluding hydrogens is 396 g/mol. The van der Waals surface area contributed by atoms with E-state index in [0.29, 0.717) is 11.4 Å². The van der Waals surface area contributed by atoms with Gasteiger partial charge in [-0.05, 0) is 30.2 Å². The van der Waals surface area contributed by atoms with E-state index in [1.807, 2.05) is 61.0 Å². The fraction of sp³-hybridized carbons (Fsp3) is 0.190. The molecule has 0 radical (unpaired) electrons. The molecule has 0 amide bonds. The van der Waals surface area contributed by atoms with Crippen LogP contribution in [0.25, 0.3) is 22.3 Å². The minimum Gasteiger partial charge on any atom is -0.344 e. The number of aromatic nitrogens is 1. The van der Waals surface area contributed by atoms with Gasteiger partial charge >= 0.3 is 0 Å². The van der Waals surface area contributed by atoms with Crippen molar-refractivity contribution in [1.82, 2.24) is 4.57 Å². The molecule has 3 aromatic rings. The van der Waals surface area contributed by atoms with Crippen LogP contribution in [0, 0.1) is 6.92 Å². The zero-order chi connectivity index (χ0) is 20.8. The number of hydrogen-bond donors (Lipinski definition) is 2. The average Bonchev–Trinajstić information content (AvgIpc) is 2.93. The molecular formula is C21H23ClN2O3S. The Morgan fingerprint density at radius 2 is 1.50 bits per heavy atom. The first-order valence-electron chi connectivity index (χ1n) is 8.70. The molecule has 0 aliphatic rings. The molecule has 7 heteroatoms. The van der Waals surface area contributed by atoms with Gasteiger partial charge in [-0.15, -0.1) is 0 Å². The van der Waals surface area contributed by atoms with Crippen molar-refractivity contribution in [3.63, 3.8) is 0 Å². The minimum atomic E-state index is -2.62. The first-order valence-corrected chi connectivity index (χ1v) is 10.3. The maximum atomic E-state index is 12.6. The van der Waals surface area contributed by atoms with Gasteiger partial charge in [0.1, 0.15) is 0 Å². The lowest BCUT2D eigenvalue weighted by atomic mass is 9.94. The Balaban J connectivity index is 0.000000640. The molecule has 0 atom stereocenters. The van der Waals surface area contributed by atoms with Crippen LogP contribution in [-0.4, -0.2) is 18.8 Å².